The third kappa shape index (κ3) is 7.22. The Bertz CT molecular complexity index is 483. The number of rotatable bonds is 6. The molecule has 0 aliphatic heterocycles. The van der Waals surface area contributed by atoms with E-state index in [1.54, 1.807) is 18.2 Å². The molecule has 0 N–H and O–H groups in total. The first-order valence-electron chi connectivity index (χ1n) is 5.33. The molecule has 0 saturated carbocycles. The Morgan fingerprint density at radius 2 is 2.00 bits per heavy atom. The molecule has 0 spiro atoms. The fourth-order valence-electron chi connectivity index (χ4n) is 0.924. The Kier molecular flexibility index (Phi) is 8.89. The van der Waals surface area contributed by atoms with Crippen LogP contribution in [0.1, 0.15) is 6.92 Å². The Balaban J connectivity index is 4.71. The fraction of sp³-hybridized carbons (Fsp3) is 0.0769. The zero-order valence-corrected chi connectivity index (χ0v) is 10.5. The zero-order chi connectivity index (χ0) is 14.5. The predicted octanol–water partition coefficient (Wildman–Crippen LogP) is 2.99. The normalized spacial score (nSPS) is 14.7. The van der Waals surface area contributed by atoms with Crippen molar-refractivity contribution in [2.45, 2.75) is 6.92 Å². The molecule has 0 heterocycles. The van der Waals surface area contributed by atoms with E-state index in [0.29, 0.717) is 10.4 Å². The van der Waals surface area contributed by atoms with Crippen LogP contribution in [0.5, 0.6) is 0 Å². The van der Waals surface area contributed by atoms with Gasteiger partial charge in [0.1, 0.15) is 0 Å². The summed E-state index contributed by atoms with van der Waals surface area (Å²) in [7, 11) is 0. The average molecular weight is 260 g/mol. The summed E-state index contributed by atoms with van der Waals surface area (Å²) in [6.45, 7) is 5.36. The van der Waals surface area contributed by atoms with Crippen LogP contribution >= 0.6 is 0 Å². The minimum Gasteiger partial charge on any atom is -0.790 e. The quantitative estimate of drug-likeness (QED) is 0.140. The van der Waals surface area contributed by atoms with Crippen molar-refractivity contribution in [3.8, 4) is 0 Å². The second-order valence-electron chi connectivity index (χ2n) is 3.08. The molecule has 100 valence electrons. The number of hydrogen-bond acceptors (Lipinski definition) is 4. The topological polar surface area (TPSA) is 90.9 Å². The number of amidine groups is 1. The molecule has 6 heteroatoms. The lowest BCUT2D eigenvalue weighted by Crippen LogP contribution is -2.00. The Morgan fingerprint density at radius 3 is 2.53 bits per heavy atom. The van der Waals surface area contributed by atoms with Crippen LogP contribution < -0.4 is 0 Å². The highest BCUT2D eigenvalue weighted by Crippen LogP contribution is 1.97. The lowest BCUT2D eigenvalue weighted by molar-refractivity contribution is -0.389. The lowest BCUT2D eigenvalue weighted by atomic mass is 10.3. The summed E-state index contributed by atoms with van der Waals surface area (Å²) in [5, 5.41) is 26.3. The van der Waals surface area contributed by atoms with Gasteiger partial charge in [-0.1, -0.05) is 30.9 Å². The molecule has 0 aromatic rings. The first-order chi connectivity index (χ1) is 9.19. The van der Waals surface area contributed by atoms with Gasteiger partial charge in [0.25, 0.3) is 0 Å². The maximum atomic E-state index is 11.6. The highest BCUT2D eigenvalue weighted by Gasteiger charge is 1.96. The SMILES string of the molecule is C=C/C(=C\C=C/C)[N+]([O-])=CC=CC=CC(N=O)=N[O-]. The van der Waals surface area contributed by atoms with Gasteiger partial charge in [-0.25, -0.2) is 0 Å². The van der Waals surface area contributed by atoms with Gasteiger partial charge in [-0.15, -0.1) is 4.91 Å². The number of hydroxylamine groups is 1. The summed E-state index contributed by atoms with van der Waals surface area (Å²) in [5.41, 5.74) is 0.378. The van der Waals surface area contributed by atoms with Crippen LogP contribution in [0.4, 0.5) is 0 Å². The summed E-state index contributed by atoms with van der Waals surface area (Å²) in [6, 6.07) is 0. The van der Waals surface area contributed by atoms with Crippen LogP contribution in [0, 0.1) is 15.3 Å². The summed E-state index contributed by atoms with van der Waals surface area (Å²) >= 11 is 0. The van der Waals surface area contributed by atoms with Crippen LogP contribution in [0.15, 0.2) is 71.2 Å². The highest BCUT2D eigenvalue weighted by atomic mass is 16.5. The van der Waals surface area contributed by atoms with Crippen LogP contribution in [-0.2, 0) is 0 Å². The Labute approximate surface area is 111 Å². The van der Waals surface area contributed by atoms with Crippen LogP contribution in [0.3, 0.4) is 0 Å². The molecule has 0 rings (SSSR count). The van der Waals surface area contributed by atoms with Crippen LogP contribution in [-0.4, -0.2) is 16.8 Å². The predicted molar refractivity (Wildman–Crippen MR) is 77.7 cm³/mol. The molecule has 6 nitrogen and oxygen atoms in total. The standard InChI is InChI=1S/C13H15N3O3/c1-3-5-9-12(4-2)16(19)11-8-6-7-10-13(14-17)15-18/h3-11,17H,2H2,1H3/p-1/b5-3-,8-6?,10-7?,12-9+,14-13?,16-11?. The molecular formula is C13H14N3O3-. The van der Waals surface area contributed by atoms with Crippen molar-refractivity contribution in [1.82, 2.24) is 0 Å². The van der Waals surface area contributed by atoms with Crippen molar-refractivity contribution in [3.63, 3.8) is 0 Å². The molecule has 0 saturated heterocycles. The zero-order valence-electron chi connectivity index (χ0n) is 10.5. The molecule has 0 bridgehead atoms. The molecule has 0 aliphatic carbocycles. The lowest BCUT2D eigenvalue weighted by Gasteiger charge is -2.00. The summed E-state index contributed by atoms with van der Waals surface area (Å²) < 4.78 is 0.623. The molecule has 0 aromatic heterocycles. The maximum absolute atomic E-state index is 11.6. The van der Waals surface area contributed by atoms with E-state index < -0.39 is 5.84 Å². The number of allylic oxidation sites excluding steroid dienone is 7. The molecule has 19 heavy (non-hydrogen) atoms. The highest BCUT2D eigenvalue weighted by molar-refractivity contribution is 5.93. The van der Waals surface area contributed by atoms with Crippen molar-refractivity contribution in [2.24, 2.45) is 10.3 Å². The second-order valence-corrected chi connectivity index (χ2v) is 3.08. The van der Waals surface area contributed by atoms with Gasteiger partial charge < -0.3 is 10.4 Å². The smallest absolute Gasteiger partial charge is 0.215 e. The molecule has 0 radical (unpaired) electrons. The molecular weight excluding hydrogens is 246 g/mol. The van der Waals surface area contributed by atoms with E-state index in [-0.39, 0.29) is 0 Å². The van der Waals surface area contributed by atoms with E-state index in [4.69, 9.17) is 0 Å². The maximum Gasteiger partial charge on any atom is 0.215 e. The van der Waals surface area contributed by atoms with Gasteiger partial charge in [0.15, 0.2) is 12.1 Å². The van der Waals surface area contributed by atoms with E-state index >= 15 is 0 Å². The third-order valence-corrected chi connectivity index (χ3v) is 1.80. The molecule has 0 fully saturated rings. The second kappa shape index (κ2) is 10.4. The first-order valence-corrected chi connectivity index (χ1v) is 5.33. The van der Waals surface area contributed by atoms with Crippen molar-refractivity contribution in [1.29, 1.82) is 0 Å². The van der Waals surface area contributed by atoms with Crippen molar-refractivity contribution in [3.05, 3.63) is 76.2 Å². The fourth-order valence-corrected chi connectivity index (χ4v) is 0.924. The monoisotopic (exact) mass is 260 g/mol. The van der Waals surface area contributed by atoms with Crippen molar-refractivity contribution >= 4 is 12.1 Å². The van der Waals surface area contributed by atoms with Crippen LogP contribution in [0.25, 0.3) is 0 Å². The molecule has 0 aromatic carbocycles. The van der Waals surface area contributed by atoms with Gasteiger partial charge in [-0.05, 0) is 18.2 Å². The molecule has 0 aliphatic rings. The van der Waals surface area contributed by atoms with Gasteiger partial charge in [0.2, 0.25) is 5.70 Å². The van der Waals surface area contributed by atoms with Crippen LogP contribution in [0.2, 0.25) is 0 Å². The average Bonchev–Trinajstić information content (AvgIpc) is 2.43. The van der Waals surface area contributed by atoms with E-state index in [1.165, 1.54) is 30.5 Å². The number of hydrogen-bond donors (Lipinski definition) is 0. The first kappa shape index (κ1) is 16.2. The van der Waals surface area contributed by atoms with Gasteiger partial charge in [-0.2, -0.15) is 4.74 Å². The van der Waals surface area contributed by atoms with Gasteiger partial charge in [-0.3, -0.25) is 5.16 Å². The summed E-state index contributed by atoms with van der Waals surface area (Å²) in [6.07, 6.45) is 13.2. The minimum atomic E-state index is -0.469. The van der Waals surface area contributed by atoms with Gasteiger partial charge >= 0.3 is 0 Å². The van der Waals surface area contributed by atoms with E-state index in [9.17, 15) is 15.3 Å². The van der Waals surface area contributed by atoms with Crippen molar-refractivity contribution in [2.75, 3.05) is 0 Å². The van der Waals surface area contributed by atoms with E-state index in [0.717, 1.165) is 6.08 Å². The third-order valence-electron chi connectivity index (χ3n) is 1.80. The molecule has 0 atom stereocenters. The van der Waals surface area contributed by atoms with Gasteiger partial charge in [0, 0.05) is 18.2 Å². The number of nitroso groups, excluding NO2 is 1. The summed E-state index contributed by atoms with van der Waals surface area (Å²) in [5.74, 6) is -0.469. The van der Waals surface area contributed by atoms with Crippen molar-refractivity contribution < 1.29 is 4.74 Å². The van der Waals surface area contributed by atoms with E-state index in [1.807, 2.05) is 6.92 Å². The molecule has 0 unspecified atom stereocenters. The summed E-state index contributed by atoms with van der Waals surface area (Å²) in [4.78, 5) is 9.99. The number of nitrogens with zero attached hydrogens (tertiary/aromatic N) is 3. The Hall–Kier alpha value is -2.76. The van der Waals surface area contributed by atoms with E-state index in [2.05, 4.69) is 16.9 Å². The Morgan fingerprint density at radius 1 is 1.26 bits per heavy atom. The van der Waals surface area contributed by atoms with Gasteiger partial charge in [0.05, 0.1) is 0 Å². The minimum absolute atomic E-state index is 0.378. The molecule has 0 amide bonds. The largest absolute Gasteiger partial charge is 0.790 e.